The molecule has 0 spiro atoms. The third-order valence-electron chi connectivity index (χ3n) is 10.5. The van der Waals surface area contributed by atoms with E-state index < -0.39 is 0 Å². The standard InChI is InChI=1S/C27H24NS.C15H28O2.Ir/c1-16-17(2)29-26-22(16)10-11-28-25(26)21-13-20-12-18-8-6-7-9-19(18)14-23(20)24(15-21)27(3,4)5;1-7-14(5,8-2)12(16)11-13(17)15(6,9-3)10-4;/h6-12,14-15H,1-5H3;11,16H,7-10H2,1-6H3;/q-1;;/b;12-11-;. The van der Waals surface area contributed by atoms with Crippen molar-refractivity contribution in [1.82, 2.24) is 4.98 Å². The van der Waals surface area contributed by atoms with Gasteiger partial charge in [0, 0.05) is 58.5 Å². The van der Waals surface area contributed by atoms with Crippen LogP contribution in [0.3, 0.4) is 0 Å². The zero-order valence-corrected chi connectivity index (χ0v) is 33.4. The number of carbonyl (C=O) groups is 1. The van der Waals surface area contributed by atoms with Crippen LogP contribution in [0.15, 0.2) is 66.6 Å². The van der Waals surface area contributed by atoms with Crippen LogP contribution < -0.4 is 0 Å². The molecule has 2 aromatic heterocycles. The van der Waals surface area contributed by atoms with Crippen LogP contribution in [0.1, 0.15) is 104 Å². The summed E-state index contributed by atoms with van der Waals surface area (Å²) in [4.78, 5) is 18.3. The molecule has 0 saturated heterocycles. The fourth-order valence-corrected chi connectivity index (χ4v) is 7.02. The van der Waals surface area contributed by atoms with E-state index in [2.05, 4.69) is 89.2 Å². The molecular weight excluding hydrogens is 775 g/mol. The van der Waals surface area contributed by atoms with Crippen molar-refractivity contribution in [2.45, 2.75) is 107 Å². The van der Waals surface area contributed by atoms with Crippen LogP contribution in [0, 0.1) is 30.7 Å². The van der Waals surface area contributed by atoms with E-state index in [0.29, 0.717) is 0 Å². The number of hydrogen-bond acceptors (Lipinski definition) is 4. The fraction of sp³-hybridized carbons (Fsp3) is 0.429. The molecule has 2 heterocycles. The number of rotatable bonds is 8. The summed E-state index contributed by atoms with van der Waals surface area (Å²) in [7, 11) is 0. The number of benzene rings is 3. The van der Waals surface area contributed by atoms with E-state index in [4.69, 9.17) is 4.98 Å². The molecule has 1 radical (unpaired) electrons. The fourth-order valence-electron chi connectivity index (χ4n) is 5.86. The second-order valence-corrected chi connectivity index (χ2v) is 15.6. The van der Waals surface area contributed by atoms with Gasteiger partial charge >= 0.3 is 0 Å². The normalized spacial score (nSPS) is 12.6. The first kappa shape index (κ1) is 38.6. The molecule has 5 rings (SSSR count). The van der Waals surface area contributed by atoms with Gasteiger partial charge in [-0.1, -0.05) is 109 Å². The van der Waals surface area contributed by atoms with Crippen molar-refractivity contribution >= 4 is 48.8 Å². The number of hydrogen-bond donors (Lipinski definition) is 1. The first-order valence-corrected chi connectivity index (χ1v) is 17.6. The predicted molar refractivity (Wildman–Crippen MR) is 200 cm³/mol. The number of aromatic nitrogens is 1. The average Bonchev–Trinajstić information content (AvgIpc) is 3.34. The molecule has 0 aliphatic rings. The largest absolute Gasteiger partial charge is 0.512 e. The molecule has 1 N–H and O–H groups in total. The Labute approximate surface area is 300 Å². The van der Waals surface area contributed by atoms with Crippen molar-refractivity contribution in [2.24, 2.45) is 10.8 Å². The number of carbonyl (C=O) groups excluding carboxylic acids is 1. The Morgan fingerprint density at radius 2 is 1.43 bits per heavy atom. The van der Waals surface area contributed by atoms with Gasteiger partial charge in [-0.25, -0.2) is 0 Å². The van der Waals surface area contributed by atoms with Crippen LogP contribution in [0.4, 0.5) is 0 Å². The molecule has 0 atom stereocenters. The van der Waals surface area contributed by atoms with Crippen molar-refractivity contribution in [3.8, 4) is 11.3 Å². The average molecular weight is 827 g/mol. The minimum atomic E-state index is -0.337. The van der Waals surface area contributed by atoms with Gasteiger partial charge in [-0.2, -0.15) is 0 Å². The van der Waals surface area contributed by atoms with Gasteiger partial charge in [0.05, 0.1) is 0 Å². The van der Waals surface area contributed by atoms with Gasteiger partial charge in [-0.15, -0.1) is 40.5 Å². The smallest absolute Gasteiger partial charge is 0.164 e. The molecule has 0 amide bonds. The van der Waals surface area contributed by atoms with Crippen LogP contribution in [-0.2, 0) is 30.3 Å². The summed E-state index contributed by atoms with van der Waals surface area (Å²) in [6.45, 7) is 23.3. The van der Waals surface area contributed by atoms with Gasteiger partial charge in [0.25, 0.3) is 0 Å². The number of aliphatic hydroxyl groups excluding tert-OH is 1. The minimum absolute atomic E-state index is 0. The van der Waals surface area contributed by atoms with Crippen molar-refractivity contribution < 1.29 is 30.0 Å². The molecule has 0 fully saturated rings. The molecule has 3 aromatic carbocycles. The SMILES string of the molecule is CCC(C)(CC)C(=O)/C=C(\O)C(C)(CC)CC.Cc1sc2c(-c3[c-]c4cc5ccccc5cc4c(C(C)(C)C)c3)nccc2c1C.[Ir]. The second kappa shape index (κ2) is 15.1. The first-order chi connectivity index (χ1) is 21.6. The third kappa shape index (κ3) is 7.90. The maximum atomic E-state index is 12.2. The Hall–Kier alpha value is -2.85. The van der Waals surface area contributed by atoms with E-state index in [1.807, 2.05) is 59.1 Å². The van der Waals surface area contributed by atoms with E-state index in [0.717, 1.165) is 42.3 Å². The third-order valence-corrected chi connectivity index (χ3v) is 11.7. The molecule has 253 valence electrons. The van der Waals surface area contributed by atoms with E-state index in [1.54, 1.807) is 0 Å². The number of thiophene rings is 1. The van der Waals surface area contributed by atoms with Crippen molar-refractivity contribution in [1.29, 1.82) is 0 Å². The van der Waals surface area contributed by atoms with Gasteiger partial charge in [-0.3, -0.25) is 9.78 Å². The van der Waals surface area contributed by atoms with Gasteiger partial charge in [0.2, 0.25) is 0 Å². The Morgan fingerprint density at radius 3 is 1.98 bits per heavy atom. The zero-order chi connectivity index (χ0) is 34.0. The number of pyridine rings is 1. The first-order valence-electron chi connectivity index (χ1n) is 16.8. The van der Waals surface area contributed by atoms with E-state index >= 15 is 0 Å². The summed E-state index contributed by atoms with van der Waals surface area (Å²) in [5.74, 6) is 0.286. The van der Waals surface area contributed by atoms with Crippen molar-refractivity contribution in [3.63, 3.8) is 0 Å². The molecule has 0 saturated carbocycles. The monoisotopic (exact) mass is 827 g/mol. The van der Waals surface area contributed by atoms with Crippen LogP contribution in [0.2, 0.25) is 0 Å². The molecule has 0 aliphatic heterocycles. The van der Waals surface area contributed by atoms with Gasteiger partial charge < -0.3 is 5.11 Å². The number of fused-ring (bicyclic) bond motifs is 3. The maximum absolute atomic E-state index is 12.2. The molecule has 5 aromatic rings. The van der Waals surface area contributed by atoms with Crippen molar-refractivity contribution in [2.75, 3.05) is 0 Å². The van der Waals surface area contributed by atoms with Crippen molar-refractivity contribution in [3.05, 3.63) is 88.6 Å². The minimum Gasteiger partial charge on any atom is -0.512 e. The van der Waals surface area contributed by atoms with Crippen LogP contribution in [0.5, 0.6) is 0 Å². The van der Waals surface area contributed by atoms with Crippen LogP contribution >= 0.6 is 11.3 Å². The van der Waals surface area contributed by atoms with Crippen LogP contribution in [-0.4, -0.2) is 15.9 Å². The quantitative estimate of drug-likeness (QED) is 0.0734. The Morgan fingerprint density at radius 1 is 0.851 bits per heavy atom. The zero-order valence-electron chi connectivity index (χ0n) is 30.1. The molecule has 0 unspecified atom stereocenters. The topological polar surface area (TPSA) is 50.2 Å². The Balaban J connectivity index is 0.000000290. The summed E-state index contributed by atoms with van der Waals surface area (Å²) in [6, 6.07) is 21.3. The molecule has 0 aliphatic carbocycles. The molecular formula is C42H52IrNO2S-. The number of aryl methyl sites for hydroxylation is 2. The summed E-state index contributed by atoms with van der Waals surface area (Å²) >= 11 is 1.84. The molecule has 47 heavy (non-hydrogen) atoms. The molecule has 5 heteroatoms. The summed E-state index contributed by atoms with van der Waals surface area (Å²) in [5.41, 5.74) is 4.26. The van der Waals surface area contributed by atoms with Gasteiger partial charge in [0.15, 0.2) is 5.78 Å². The van der Waals surface area contributed by atoms with E-state index in [-0.39, 0.29) is 47.9 Å². The van der Waals surface area contributed by atoms with Gasteiger partial charge in [0.1, 0.15) is 5.76 Å². The van der Waals surface area contributed by atoms with Crippen LogP contribution in [0.25, 0.3) is 42.9 Å². The predicted octanol–water partition coefficient (Wildman–Crippen LogP) is 12.6. The number of nitrogens with zero attached hydrogens (tertiary/aromatic N) is 1. The van der Waals surface area contributed by atoms with Gasteiger partial charge in [-0.05, 0) is 67.3 Å². The van der Waals surface area contributed by atoms with E-state index in [9.17, 15) is 9.90 Å². The Bertz CT molecular complexity index is 1900. The number of ketones is 1. The second-order valence-electron chi connectivity index (χ2n) is 14.3. The number of allylic oxidation sites excluding steroid dienone is 2. The Kier molecular flexibility index (Phi) is 12.4. The molecule has 3 nitrogen and oxygen atoms in total. The maximum Gasteiger partial charge on any atom is 0.164 e. The summed E-state index contributed by atoms with van der Waals surface area (Å²) in [6.07, 6.45) is 6.69. The van der Waals surface area contributed by atoms with E-state index in [1.165, 1.54) is 48.3 Å². The molecule has 0 bridgehead atoms. The summed E-state index contributed by atoms with van der Waals surface area (Å²) in [5, 5.41) is 16.4. The number of aliphatic hydroxyl groups is 1. The summed E-state index contributed by atoms with van der Waals surface area (Å²) < 4.78 is 1.26.